The lowest BCUT2D eigenvalue weighted by atomic mass is 10.1. The number of rotatable bonds is 9. The van der Waals surface area contributed by atoms with Crippen molar-refractivity contribution in [3.8, 4) is 11.5 Å². The smallest absolute Gasteiger partial charge is 0.418 e. The zero-order valence-electron chi connectivity index (χ0n) is 24.1. The number of halogens is 12. The second-order valence-electron chi connectivity index (χ2n) is 9.54. The maximum Gasteiger partial charge on any atom is 0.418 e. The van der Waals surface area contributed by atoms with Crippen molar-refractivity contribution in [1.82, 2.24) is 15.3 Å². The number of aliphatic hydroxyl groups is 1. The molecule has 3 N–H and O–H groups in total. The normalized spacial score (nSPS) is 12.6. The number of nitrogens with one attached hydrogen (secondary N) is 1. The summed E-state index contributed by atoms with van der Waals surface area (Å²) in [5.74, 6) is -3.92. The number of hydrogen-bond acceptors (Lipinski definition) is 7. The Morgan fingerprint density at radius 3 is 1.55 bits per heavy atom. The van der Waals surface area contributed by atoms with Gasteiger partial charge in [-0.05, 0) is 42.8 Å². The number of aromatic carboxylic acids is 1. The number of ether oxygens (including phenoxy) is 2. The van der Waals surface area contributed by atoms with Crippen LogP contribution in [0.1, 0.15) is 45.4 Å². The van der Waals surface area contributed by atoms with E-state index in [1.807, 2.05) is 0 Å². The molecule has 0 aliphatic heterocycles. The predicted octanol–water partition coefficient (Wildman–Crippen LogP) is 8.22. The maximum atomic E-state index is 13.3. The fourth-order valence-electron chi connectivity index (χ4n) is 3.97. The fourth-order valence-corrected chi connectivity index (χ4v) is 4.46. The highest BCUT2D eigenvalue weighted by Crippen LogP contribution is 2.41. The molecule has 0 saturated heterocycles. The molecule has 4 aromatic rings. The molecule has 0 fully saturated rings. The van der Waals surface area contributed by atoms with E-state index >= 15 is 0 Å². The number of carbonyl (C=O) groups is 2. The molecule has 1 atom stereocenters. The van der Waals surface area contributed by atoms with Crippen molar-refractivity contribution < 1.29 is 73.2 Å². The lowest BCUT2D eigenvalue weighted by molar-refractivity contribution is -0.137. The molecule has 21 heteroatoms. The summed E-state index contributed by atoms with van der Waals surface area (Å²) in [5.41, 5.74) is -5.36. The van der Waals surface area contributed by atoms with Gasteiger partial charge in [-0.25, -0.2) is 14.8 Å². The van der Waals surface area contributed by atoms with Crippen LogP contribution in [0.25, 0.3) is 21.8 Å². The molecule has 4 rings (SSSR count). The van der Waals surface area contributed by atoms with E-state index in [2.05, 4.69) is 24.8 Å². The minimum absolute atomic E-state index is 0.125. The minimum Gasteiger partial charge on any atom is -0.477 e. The first kappa shape index (κ1) is 39.1. The molecule has 0 saturated carbocycles. The summed E-state index contributed by atoms with van der Waals surface area (Å²) in [5, 5.41) is 19.2. The number of hydrogen-bond donors (Lipinski definition) is 3. The van der Waals surface area contributed by atoms with Crippen LogP contribution in [0.3, 0.4) is 0 Å². The fraction of sp³-hybridized carbons (Fsp3) is 0.286. The van der Waals surface area contributed by atoms with E-state index in [9.17, 15) is 58.6 Å². The van der Waals surface area contributed by atoms with E-state index < -0.39 is 88.6 Å². The van der Waals surface area contributed by atoms with Gasteiger partial charge in [0.05, 0.1) is 38.3 Å². The molecule has 1 amide bonds. The van der Waals surface area contributed by atoms with Crippen molar-refractivity contribution in [2.45, 2.75) is 45.0 Å². The highest BCUT2D eigenvalue weighted by Gasteiger charge is 2.36. The molecule has 2 aromatic heterocycles. The van der Waals surface area contributed by atoms with Gasteiger partial charge >= 0.3 is 31.5 Å². The molecule has 0 aliphatic carbocycles. The monoisotopic (exact) mass is 753 g/mol. The molecule has 0 bridgehead atoms. The zero-order chi connectivity index (χ0) is 37.0. The number of carbonyl (C=O) groups excluding carboxylic acids is 1. The summed E-state index contributed by atoms with van der Waals surface area (Å²) in [6.45, 7) is -5.11. The Morgan fingerprint density at radius 2 is 1.18 bits per heavy atom. The molecule has 0 radical (unpaired) electrons. The molecule has 266 valence electrons. The highest BCUT2D eigenvalue weighted by molar-refractivity contribution is 6.36. The van der Waals surface area contributed by atoms with Crippen LogP contribution in [0.5, 0.6) is 11.5 Å². The van der Waals surface area contributed by atoms with Gasteiger partial charge in [-0.2, -0.15) is 43.9 Å². The van der Waals surface area contributed by atoms with Gasteiger partial charge in [-0.15, -0.1) is 0 Å². The summed E-state index contributed by atoms with van der Waals surface area (Å²) in [4.78, 5) is 30.0. The van der Waals surface area contributed by atoms with Crippen LogP contribution >= 0.6 is 23.2 Å². The van der Waals surface area contributed by atoms with Gasteiger partial charge in [-0.3, -0.25) is 4.79 Å². The van der Waals surface area contributed by atoms with E-state index in [4.69, 9.17) is 28.3 Å². The van der Waals surface area contributed by atoms with E-state index in [-0.39, 0.29) is 27.4 Å². The lowest BCUT2D eigenvalue weighted by Gasteiger charge is -2.15. The summed E-state index contributed by atoms with van der Waals surface area (Å²) >= 11 is 11.7. The van der Waals surface area contributed by atoms with E-state index in [1.165, 1.54) is 0 Å². The van der Waals surface area contributed by atoms with Crippen LogP contribution in [0.15, 0.2) is 36.4 Å². The average molecular weight is 754 g/mol. The minimum atomic E-state index is -4.97. The van der Waals surface area contributed by atoms with E-state index in [0.717, 1.165) is 24.3 Å². The number of alkyl halides is 10. The molecular weight excluding hydrogens is 735 g/mol. The van der Waals surface area contributed by atoms with Gasteiger partial charge in [0.15, 0.2) is 0 Å². The van der Waals surface area contributed by atoms with Crippen molar-refractivity contribution >= 4 is 56.9 Å². The number of benzene rings is 2. The molecule has 49 heavy (non-hydrogen) atoms. The van der Waals surface area contributed by atoms with Gasteiger partial charge in [0.1, 0.15) is 22.9 Å². The van der Waals surface area contributed by atoms with Gasteiger partial charge in [0, 0.05) is 17.3 Å². The maximum absolute atomic E-state index is 13.3. The SMILES string of the molecule is CCC(O)CNC(=O)c1cc(Cl)c2cc(OC(F)F)cc(C(F)(F)F)c2n1.O=C(O)c1cc(Cl)c2cc(OC(F)F)cc(C(F)(F)F)c2n1. The second-order valence-corrected chi connectivity index (χ2v) is 10.4. The molecule has 0 aliphatic rings. The lowest BCUT2D eigenvalue weighted by Crippen LogP contribution is -2.32. The highest BCUT2D eigenvalue weighted by atomic mass is 35.5. The van der Waals surface area contributed by atoms with Crippen LogP contribution in [0.4, 0.5) is 43.9 Å². The zero-order valence-corrected chi connectivity index (χ0v) is 25.6. The van der Waals surface area contributed by atoms with Crippen LogP contribution in [-0.4, -0.2) is 57.9 Å². The first-order valence-electron chi connectivity index (χ1n) is 13.1. The van der Waals surface area contributed by atoms with Crippen molar-refractivity contribution in [3.63, 3.8) is 0 Å². The summed E-state index contributed by atoms with van der Waals surface area (Å²) in [7, 11) is 0. The van der Waals surface area contributed by atoms with Crippen LogP contribution < -0.4 is 14.8 Å². The largest absolute Gasteiger partial charge is 0.477 e. The number of fused-ring (bicyclic) bond motifs is 2. The molecule has 9 nitrogen and oxygen atoms in total. The van der Waals surface area contributed by atoms with Crippen LogP contribution in [-0.2, 0) is 12.4 Å². The summed E-state index contributed by atoms with van der Waals surface area (Å²) in [6.07, 6.45) is -10.4. The molecule has 1 unspecified atom stereocenters. The third kappa shape index (κ3) is 10.1. The van der Waals surface area contributed by atoms with Gasteiger partial charge in [-0.1, -0.05) is 30.1 Å². The molecular formula is C28H19Cl2F10N3O6. The quantitative estimate of drug-likeness (QED) is 0.146. The van der Waals surface area contributed by atoms with E-state index in [1.54, 1.807) is 6.92 Å². The molecule has 0 spiro atoms. The van der Waals surface area contributed by atoms with Gasteiger partial charge in [0.2, 0.25) is 0 Å². The Hall–Kier alpha value is -4.36. The van der Waals surface area contributed by atoms with Gasteiger partial charge in [0.25, 0.3) is 5.91 Å². The number of nitrogens with zero attached hydrogens (tertiary/aromatic N) is 2. The topological polar surface area (TPSA) is 131 Å². The van der Waals surface area contributed by atoms with Crippen LogP contribution in [0.2, 0.25) is 10.0 Å². The Bertz CT molecular complexity index is 1860. The van der Waals surface area contributed by atoms with Gasteiger partial charge < -0.3 is 25.0 Å². The Morgan fingerprint density at radius 1 is 0.776 bits per heavy atom. The number of aromatic nitrogens is 2. The van der Waals surface area contributed by atoms with E-state index in [0.29, 0.717) is 18.6 Å². The number of carboxylic acid groups (broad SMARTS) is 1. The third-order valence-electron chi connectivity index (χ3n) is 6.16. The number of amides is 1. The van der Waals surface area contributed by atoms with Crippen molar-refractivity contribution in [2.24, 2.45) is 0 Å². The van der Waals surface area contributed by atoms with Crippen molar-refractivity contribution in [3.05, 3.63) is 69.0 Å². The summed E-state index contributed by atoms with van der Waals surface area (Å²) < 4.78 is 136. The first-order chi connectivity index (χ1) is 22.6. The van der Waals surface area contributed by atoms with Crippen LogP contribution in [0, 0.1) is 0 Å². The Labute approximate surface area is 277 Å². The average Bonchev–Trinajstić information content (AvgIpc) is 2.98. The van der Waals surface area contributed by atoms with Crippen molar-refractivity contribution in [2.75, 3.05) is 6.54 Å². The number of pyridine rings is 2. The van der Waals surface area contributed by atoms with Crippen molar-refractivity contribution in [1.29, 1.82) is 0 Å². The molecule has 2 heterocycles. The number of aliphatic hydroxyl groups excluding tert-OH is 1. The molecule has 2 aromatic carbocycles. The standard InChI is InChI=1S/C16H14ClF5N2O3.C12H5ClF5NO3/c1-2-7(25)6-23-14(26)12-5-11(17)9-3-8(27-15(18)19)4-10(13(9)24-12)16(20,21)22;13-7-3-8(10(20)21)19-9-5(7)1-4(22-11(14)15)2-6(9)12(16,17)18/h3-5,7,15,25H,2,6H2,1H3,(H,23,26);1-3,11H,(H,20,21). The summed E-state index contributed by atoms with van der Waals surface area (Å²) in [6, 6.07) is 4.21. The Balaban J connectivity index is 0.000000271. The predicted molar refractivity (Wildman–Crippen MR) is 152 cm³/mol. The third-order valence-corrected chi connectivity index (χ3v) is 6.78. The first-order valence-corrected chi connectivity index (χ1v) is 13.9. The Kier molecular flexibility index (Phi) is 12.3. The second kappa shape index (κ2) is 15.5. The number of carboxylic acids is 1.